The van der Waals surface area contributed by atoms with Crippen molar-refractivity contribution in [1.82, 2.24) is 9.80 Å². The fourth-order valence-corrected chi connectivity index (χ4v) is 3.84. The number of hydrogen-bond acceptors (Lipinski definition) is 5. The van der Waals surface area contributed by atoms with Crippen LogP contribution in [0.5, 0.6) is 0 Å². The van der Waals surface area contributed by atoms with Crippen molar-refractivity contribution in [1.29, 1.82) is 0 Å². The van der Waals surface area contributed by atoms with Crippen molar-refractivity contribution in [3.8, 4) is 0 Å². The number of amides is 2. The summed E-state index contributed by atoms with van der Waals surface area (Å²) in [6, 6.07) is 5.71. The van der Waals surface area contributed by atoms with Crippen LogP contribution >= 0.6 is 0 Å². The highest BCUT2D eigenvalue weighted by atomic mass is 19.1. The molecular formula is C22H29FN2O4. The Morgan fingerprint density at radius 2 is 1.72 bits per heavy atom. The Hall–Kier alpha value is -2.25. The lowest BCUT2D eigenvalue weighted by Gasteiger charge is -2.37. The maximum absolute atomic E-state index is 13.4. The third-order valence-electron chi connectivity index (χ3n) is 4.99. The number of halogens is 1. The molecule has 158 valence electrons. The van der Waals surface area contributed by atoms with Gasteiger partial charge in [-0.15, -0.1) is 0 Å². The Morgan fingerprint density at radius 1 is 1.10 bits per heavy atom. The Balaban J connectivity index is 1.90. The molecule has 0 N–H and O–H groups in total. The van der Waals surface area contributed by atoms with Gasteiger partial charge in [0, 0.05) is 26.2 Å². The molecule has 0 saturated carbocycles. The third-order valence-corrected chi connectivity index (χ3v) is 4.99. The van der Waals surface area contributed by atoms with Gasteiger partial charge in [0.05, 0.1) is 23.9 Å². The van der Waals surface area contributed by atoms with E-state index in [1.54, 1.807) is 12.1 Å². The van der Waals surface area contributed by atoms with Crippen LogP contribution in [0.1, 0.15) is 39.7 Å². The van der Waals surface area contributed by atoms with Gasteiger partial charge < -0.3 is 14.4 Å². The van der Waals surface area contributed by atoms with Crippen LogP contribution in [-0.4, -0.2) is 66.2 Å². The predicted octanol–water partition coefficient (Wildman–Crippen LogP) is 2.83. The van der Waals surface area contributed by atoms with Crippen LogP contribution in [-0.2, 0) is 19.1 Å². The molecule has 1 saturated heterocycles. The number of ether oxygens (including phenoxy) is 2. The molecule has 7 heteroatoms. The van der Waals surface area contributed by atoms with Gasteiger partial charge in [0.1, 0.15) is 11.5 Å². The highest BCUT2D eigenvalue weighted by molar-refractivity contribution is 6.35. The summed E-state index contributed by atoms with van der Waals surface area (Å²) in [7, 11) is 0. The van der Waals surface area contributed by atoms with E-state index in [0.29, 0.717) is 43.0 Å². The topological polar surface area (TPSA) is 59.1 Å². The first-order valence-corrected chi connectivity index (χ1v) is 10.2. The van der Waals surface area contributed by atoms with Crippen molar-refractivity contribution in [2.24, 2.45) is 0 Å². The highest BCUT2D eigenvalue weighted by Gasteiger charge is 2.42. The highest BCUT2D eigenvalue weighted by Crippen LogP contribution is 2.33. The summed E-state index contributed by atoms with van der Waals surface area (Å²) in [6.07, 6.45) is 0.546. The van der Waals surface area contributed by atoms with Crippen LogP contribution in [0.15, 0.2) is 30.0 Å². The summed E-state index contributed by atoms with van der Waals surface area (Å²) < 4.78 is 24.7. The van der Waals surface area contributed by atoms with Gasteiger partial charge in [0.2, 0.25) is 0 Å². The zero-order valence-corrected chi connectivity index (χ0v) is 17.5. The number of hydrogen-bond donors (Lipinski definition) is 0. The summed E-state index contributed by atoms with van der Waals surface area (Å²) in [6.45, 7) is 9.58. The number of imide groups is 1. The second-order valence-corrected chi connectivity index (χ2v) is 7.93. The molecule has 0 aliphatic carbocycles. The van der Waals surface area contributed by atoms with Gasteiger partial charge in [0.25, 0.3) is 11.8 Å². The van der Waals surface area contributed by atoms with E-state index in [2.05, 4.69) is 0 Å². The molecule has 1 aromatic carbocycles. The second-order valence-electron chi connectivity index (χ2n) is 7.93. The molecule has 2 amide bonds. The van der Waals surface area contributed by atoms with Crippen LogP contribution < -0.4 is 0 Å². The molecule has 29 heavy (non-hydrogen) atoms. The van der Waals surface area contributed by atoms with E-state index in [4.69, 9.17) is 9.47 Å². The zero-order valence-electron chi connectivity index (χ0n) is 17.5. The van der Waals surface area contributed by atoms with Crippen LogP contribution in [0.4, 0.5) is 4.39 Å². The Labute approximate surface area is 171 Å². The van der Waals surface area contributed by atoms with Gasteiger partial charge >= 0.3 is 0 Å². The molecule has 6 nitrogen and oxygen atoms in total. The number of carbonyl (C=O) groups excluding carboxylic acids is 2. The minimum absolute atomic E-state index is 0.0582. The molecule has 1 fully saturated rings. The fraction of sp³-hybridized carbons (Fsp3) is 0.545. The van der Waals surface area contributed by atoms with Crippen LogP contribution in [0, 0.1) is 5.82 Å². The molecular weight excluding hydrogens is 375 g/mol. The molecule has 2 atom stereocenters. The average molecular weight is 404 g/mol. The monoisotopic (exact) mass is 404 g/mol. The molecule has 2 unspecified atom stereocenters. The maximum Gasteiger partial charge on any atom is 0.277 e. The number of rotatable bonds is 7. The minimum atomic E-state index is -0.385. The summed E-state index contributed by atoms with van der Waals surface area (Å²) in [5.41, 5.74) is 1.27. The first kappa shape index (κ1) is 21.5. The van der Waals surface area contributed by atoms with E-state index in [0.717, 1.165) is 0 Å². The molecule has 0 bridgehead atoms. The summed E-state index contributed by atoms with van der Waals surface area (Å²) in [4.78, 5) is 29.7. The fourth-order valence-electron chi connectivity index (χ4n) is 3.84. The van der Waals surface area contributed by atoms with E-state index in [1.807, 2.05) is 32.6 Å². The normalized spacial score (nSPS) is 23.0. The Morgan fingerprint density at radius 3 is 2.31 bits per heavy atom. The lowest BCUT2D eigenvalue weighted by Crippen LogP contribution is -2.47. The first-order valence-electron chi connectivity index (χ1n) is 10.2. The van der Waals surface area contributed by atoms with E-state index in [-0.39, 0.29) is 42.5 Å². The van der Waals surface area contributed by atoms with Crippen molar-refractivity contribution in [3.05, 3.63) is 41.3 Å². The standard InChI is InChI=1S/C22H29FN2O4/c1-14(2)28-11-5-10-25-21(26)19(17-6-8-18(23)9-7-17)20(22(25)27)24-12-15(3)29-16(4)13-24/h6-9,14-16H,5,10-13H2,1-4H3. The van der Waals surface area contributed by atoms with Crippen LogP contribution in [0.3, 0.4) is 0 Å². The largest absolute Gasteiger partial charge is 0.379 e. The molecule has 2 aliphatic heterocycles. The summed E-state index contributed by atoms with van der Waals surface area (Å²) in [5.74, 6) is -1.03. The second kappa shape index (κ2) is 9.05. The Bertz CT molecular complexity index is 781. The molecule has 2 heterocycles. The SMILES string of the molecule is CC(C)OCCCN1C(=O)C(c2ccc(F)cc2)=C(N2CC(C)OC(C)C2)C1=O. The van der Waals surface area contributed by atoms with Crippen LogP contribution in [0.2, 0.25) is 0 Å². The zero-order chi connectivity index (χ0) is 21.1. The maximum atomic E-state index is 13.4. The van der Waals surface area contributed by atoms with E-state index in [9.17, 15) is 14.0 Å². The van der Waals surface area contributed by atoms with Gasteiger partial charge in [-0.2, -0.15) is 0 Å². The quantitative estimate of drug-likeness (QED) is 0.517. The molecule has 0 radical (unpaired) electrons. The number of nitrogens with zero attached hydrogens (tertiary/aromatic N) is 2. The van der Waals surface area contributed by atoms with E-state index >= 15 is 0 Å². The third kappa shape index (κ3) is 4.85. The number of morpholine rings is 1. The number of carbonyl (C=O) groups is 2. The molecule has 2 aliphatic rings. The van der Waals surface area contributed by atoms with Gasteiger partial charge in [-0.05, 0) is 51.8 Å². The van der Waals surface area contributed by atoms with Crippen molar-refractivity contribution >= 4 is 17.4 Å². The van der Waals surface area contributed by atoms with E-state index in [1.165, 1.54) is 17.0 Å². The van der Waals surface area contributed by atoms with Crippen molar-refractivity contribution in [3.63, 3.8) is 0 Å². The lowest BCUT2D eigenvalue weighted by molar-refractivity contribution is -0.138. The smallest absolute Gasteiger partial charge is 0.277 e. The summed E-state index contributed by atoms with van der Waals surface area (Å²) >= 11 is 0. The van der Waals surface area contributed by atoms with Crippen molar-refractivity contribution < 1.29 is 23.5 Å². The predicted molar refractivity (Wildman–Crippen MR) is 107 cm³/mol. The van der Waals surface area contributed by atoms with Gasteiger partial charge in [0.15, 0.2) is 0 Å². The Kier molecular flexibility index (Phi) is 6.70. The van der Waals surface area contributed by atoms with E-state index < -0.39 is 0 Å². The van der Waals surface area contributed by atoms with Gasteiger partial charge in [-0.25, -0.2) is 4.39 Å². The minimum Gasteiger partial charge on any atom is -0.379 e. The van der Waals surface area contributed by atoms with Crippen molar-refractivity contribution in [2.45, 2.75) is 52.4 Å². The molecule has 3 rings (SSSR count). The van der Waals surface area contributed by atoms with Gasteiger partial charge in [-0.1, -0.05) is 12.1 Å². The number of benzene rings is 1. The van der Waals surface area contributed by atoms with Gasteiger partial charge in [-0.3, -0.25) is 14.5 Å². The van der Waals surface area contributed by atoms with Crippen molar-refractivity contribution in [2.75, 3.05) is 26.2 Å². The molecule has 1 aromatic rings. The molecule has 0 spiro atoms. The molecule has 0 aromatic heterocycles. The van der Waals surface area contributed by atoms with Crippen LogP contribution in [0.25, 0.3) is 5.57 Å². The average Bonchev–Trinajstić information content (AvgIpc) is 2.89. The first-order chi connectivity index (χ1) is 13.8. The lowest BCUT2D eigenvalue weighted by atomic mass is 10.0. The summed E-state index contributed by atoms with van der Waals surface area (Å²) in [5, 5.41) is 0.